The van der Waals surface area contributed by atoms with Crippen LogP contribution in [0.5, 0.6) is 0 Å². The van der Waals surface area contributed by atoms with E-state index in [1.165, 1.54) is 0 Å². The minimum Gasteiger partial charge on any atom is -0.395 e. The Kier molecular flexibility index (Phi) is 4.20. The zero-order valence-corrected chi connectivity index (χ0v) is 13.3. The Balaban J connectivity index is 1.85. The third-order valence-corrected chi connectivity index (χ3v) is 5.90. The van der Waals surface area contributed by atoms with Crippen molar-refractivity contribution in [3.8, 4) is 0 Å². The van der Waals surface area contributed by atoms with E-state index in [0.717, 1.165) is 18.9 Å². The minimum atomic E-state index is -3.00. The standard InChI is InChI=1S/C13H21N5O3S/c1-17(6-7-19)13-15-3-2-12(16-13)18-5-4-14-10-8-22(20,21)9-11(10)18/h2-3,10-11,14,19H,4-9H2,1H3/t10-,11+/m0/s1. The van der Waals surface area contributed by atoms with Gasteiger partial charge in [-0.3, -0.25) is 0 Å². The summed E-state index contributed by atoms with van der Waals surface area (Å²) >= 11 is 0. The molecule has 2 saturated heterocycles. The minimum absolute atomic E-state index is 0.0284. The fourth-order valence-corrected chi connectivity index (χ4v) is 5.04. The number of hydrogen-bond acceptors (Lipinski definition) is 8. The number of nitrogens with zero attached hydrogens (tertiary/aromatic N) is 4. The van der Waals surface area contributed by atoms with Gasteiger partial charge < -0.3 is 20.2 Å². The predicted octanol–water partition coefficient (Wildman–Crippen LogP) is -1.52. The van der Waals surface area contributed by atoms with Crippen molar-refractivity contribution in [3.05, 3.63) is 12.3 Å². The Labute approximate surface area is 130 Å². The number of aromatic nitrogens is 2. The van der Waals surface area contributed by atoms with Crippen LogP contribution in [0.2, 0.25) is 0 Å². The highest BCUT2D eigenvalue weighted by molar-refractivity contribution is 7.91. The fraction of sp³-hybridized carbons (Fsp3) is 0.692. The van der Waals surface area contributed by atoms with Crippen LogP contribution in [-0.2, 0) is 9.84 Å². The average Bonchev–Trinajstić information content (AvgIpc) is 2.81. The third-order valence-electron chi connectivity index (χ3n) is 4.18. The first-order valence-electron chi connectivity index (χ1n) is 7.36. The molecule has 2 N–H and O–H groups in total. The van der Waals surface area contributed by atoms with Crippen LogP contribution in [0.3, 0.4) is 0 Å². The maximum atomic E-state index is 11.9. The Morgan fingerprint density at radius 3 is 3.09 bits per heavy atom. The molecule has 0 spiro atoms. The molecule has 0 aromatic carbocycles. The van der Waals surface area contributed by atoms with Crippen LogP contribution in [0.25, 0.3) is 0 Å². The van der Waals surface area contributed by atoms with E-state index in [4.69, 9.17) is 5.11 Å². The second-order valence-corrected chi connectivity index (χ2v) is 7.91. The molecule has 9 heteroatoms. The molecule has 3 heterocycles. The van der Waals surface area contributed by atoms with Crippen LogP contribution in [-0.4, -0.2) is 80.4 Å². The molecule has 0 aliphatic carbocycles. The Morgan fingerprint density at radius 2 is 2.32 bits per heavy atom. The van der Waals surface area contributed by atoms with Gasteiger partial charge in [-0.25, -0.2) is 13.4 Å². The molecule has 3 rings (SSSR count). The quantitative estimate of drug-likeness (QED) is 0.688. The molecule has 122 valence electrons. The zero-order chi connectivity index (χ0) is 15.7. The lowest BCUT2D eigenvalue weighted by Gasteiger charge is -2.38. The molecule has 0 radical (unpaired) electrons. The summed E-state index contributed by atoms with van der Waals surface area (Å²) in [6.07, 6.45) is 1.67. The second kappa shape index (κ2) is 5.98. The lowest BCUT2D eigenvalue weighted by molar-refractivity contribution is 0.303. The van der Waals surface area contributed by atoms with E-state index in [1.807, 2.05) is 13.1 Å². The number of rotatable bonds is 4. The van der Waals surface area contributed by atoms with Gasteiger partial charge in [0.1, 0.15) is 5.82 Å². The van der Waals surface area contributed by atoms with E-state index < -0.39 is 9.84 Å². The van der Waals surface area contributed by atoms with E-state index in [0.29, 0.717) is 12.5 Å². The van der Waals surface area contributed by atoms with Crippen molar-refractivity contribution in [1.82, 2.24) is 15.3 Å². The molecule has 0 amide bonds. The van der Waals surface area contributed by atoms with Crippen LogP contribution >= 0.6 is 0 Å². The number of sulfone groups is 1. The predicted molar refractivity (Wildman–Crippen MR) is 84.0 cm³/mol. The summed E-state index contributed by atoms with van der Waals surface area (Å²) in [5, 5.41) is 12.3. The maximum absolute atomic E-state index is 11.9. The number of likely N-dealkylation sites (N-methyl/N-ethyl adjacent to an activating group) is 1. The van der Waals surface area contributed by atoms with E-state index in [9.17, 15) is 8.42 Å². The summed E-state index contributed by atoms with van der Waals surface area (Å²) in [5.41, 5.74) is 0. The zero-order valence-electron chi connectivity index (χ0n) is 12.5. The summed E-state index contributed by atoms with van der Waals surface area (Å²) in [6, 6.07) is 1.70. The Morgan fingerprint density at radius 1 is 1.50 bits per heavy atom. The number of piperazine rings is 1. The third kappa shape index (κ3) is 3.01. The summed E-state index contributed by atoms with van der Waals surface area (Å²) in [6.45, 7) is 1.94. The van der Waals surface area contributed by atoms with E-state index in [2.05, 4.69) is 20.2 Å². The van der Waals surface area contributed by atoms with Crippen molar-refractivity contribution in [3.63, 3.8) is 0 Å². The first-order chi connectivity index (χ1) is 10.5. The second-order valence-electron chi connectivity index (χ2n) is 5.76. The van der Waals surface area contributed by atoms with Crippen molar-refractivity contribution in [2.24, 2.45) is 0 Å². The molecule has 1 aromatic heterocycles. The highest BCUT2D eigenvalue weighted by Crippen LogP contribution is 2.26. The summed E-state index contributed by atoms with van der Waals surface area (Å²) in [4.78, 5) is 12.6. The lowest BCUT2D eigenvalue weighted by Crippen LogP contribution is -2.57. The lowest BCUT2D eigenvalue weighted by atomic mass is 10.1. The first kappa shape index (κ1) is 15.4. The molecular formula is C13H21N5O3S. The van der Waals surface area contributed by atoms with Crippen molar-refractivity contribution in [2.45, 2.75) is 12.1 Å². The van der Waals surface area contributed by atoms with Gasteiger partial charge in [0, 0.05) is 38.9 Å². The van der Waals surface area contributed by atoms with Crippen LogP contribution in [0, 0.1) is 0 Å². The first-order valence-corrected chi connectivity index (χ1v) is 9.18. The van der Waals surface area contributed by atoms with Gasteiger partial charge in [-0.15, -0.1) is 0 Å². The molecule has 2 aliphatic heterocycles. The molecule has 0 saturated carbocycles. The normalized spacial score (nSPS) is 26.7. The monoisotopic (exact) mass is 327 g/mol. The van der Waals surface area contributed by atoms with Gasteiger partial charge in [0.15, 0.2) is 9.84 Å². The van der Waals surface area contributed by atoms with Gasteiger partial charge in [0.2, 0.25) is 5.95 Å². The summed E-state index contributed by atoms with van der Waals surface area (Å²) in [5.74, 6) is 1.62. The molecule has 2 aliphatic rings. The highest BCUT2D eigenvalue weighted by atomic mass is 32.2. The number of aliphatic hydroxyl groups is 1. The van der Waals surface area contributed by atoms with Crippen LogP contribution in [0.15, 0.2) is 12.3 Å². The number of fused-ring (bicyclic) bond motifs is 1. The van der Waals surface area contributed by atoms with Crippen molar-refractivity contribution in [2.75, 3.05) is 54.6 Å². The molecule has 2 fully saturated rings. The van der Waals surface area contributed by atoms with Crippen molar-refractivity contribution >= 4 is 21.6 Å². The number of nitrogens with one attached hydrogen (secondary N) is 1. The highest BCUT2D eigenvalue weighted by Gasteiger charge is 2.43. The Bertz CT molecular complexity index is 638. The van der Waals surface area contributed by atoms with Crippen molar-refractivity contribution in [1.29, 1.82) is 0 Å². The Hall–Kier alpha value is -1.45. The molecule has 8 nitrogen and oxygen atoms in total. The maximum Gasteiger partial charge on any atom is 0.227 e. The van der Waals surface area contributed by atoms with Crippen LogP contribution < -0.4 is 15.1 Å². The van der Waals surface area contributed by atoms with Gasteiger partial charge in [-0.2, -0.15) is 4.98 Å². The van der Waals surface area contributed by atoms with E-state index >= 15 is 0 Å². The number of aliphatic hydroxyl groups excluding tert-OH is 1. The topological polar surface area (TPSA) is 98.7 Å². The molecule has 1 aromatic rings. The van der Waals surface area contributed by atoms with Gasteiger partial charge in [-0.05, 0) is 6.07 Å². The largest absolute Gasteiger partial charge is 0.395 e. The van der Waals surface area contributed by atoms with E-state index in [-0.39, 0.29) is 30.2 Å². The average molecular weight is 327 g/mol. The summed E-state index contributed by atoms with van der Waals surface area (Å²) in [7, 11) is -1.18. The summed E-state index contributed by atoms with van der Waals surface area (Å²) < 4.78 is 23.8. The number of anilines is 2. The van der Waals surface area contributed by atoms with Gasteiger partial charge in [0.25, 0.3) is 0 Å². The van der Waals surface area contributed by atoms with Crippen LogP contribution in [0.1, 0.15) is 0 Å². The molecule has 22 heavy (non-hydrogen) atoms. The molecule has 2 atom stereocenters. The van der Waals surface area contributed by atoms with Gasteiger partial charge >= 0.3 is 0 Å². The van der Waals surface area contributed by atoms with E-state index in [1.54, 1.807) is 11.1 Å². The molecule has 0 unspecified atom stereocenters. The fourth-order valence-electron chi connectivity index (χ4n) is 3.08. The van der Waals surface area contributed by atoms with Gasteiger partial charge in [0.05, 0.1) is 24.2 Å². The van der Waals surface area contributed by atoms with Gasteiger partial charge in [-0.1, -0.05) is 0 Å². The number of hydrogen-bond donors (Lipinski definition) is 2. The molecule has 0 bridgehead atoms. The van der Waals surface area contributed by atoms with Crippen molar-refractivity contribution < 1.29 is 13.5 Å². The van der Waals surface area contributed by atoms with Crippen LogP contribution in [0.4, 0.5) is 11.8 Å². The SMILES string of the molecule is CN(CCO)c1nccc(N2CCN[C@H]3CS(=O)(=O)C[C@H]32)n1. The molecular weight excluding hydrogens is 306 g/mol. The smallest absolute Gasteiger partial charge is 0.227 e.